The molecule has 1 atom stereocenters. The van der Waals surface area contributed by atoms with Gasteiger partial charge in [-0.3, -0.25) is 4.79 Å². The van der Waals surface area contributed by atoms with Crippen LogP contribution in [0.15, 0.2) is 11.8 Å². The molecule has 0 saturated heterocycles. The van der Waals surface area contributed by atoms with Gasteiger partial charge in [0.1, 0.15) is 0 Å². The normalized spacial score (nSPS) is 28.1. The Balaban J connectivity index is 2.67. The van der Waals surface area contributed by atoms with Crippen molar-refractivity contribution in [3.8, 4) is 0 Å². The average molecular weight is 154 g/mol. The third-order valence-electron chi connectivity index (χ3n) is 1.70. The van der Waals surface area contributed by atoms with Gasteiger partial charge in [0.15, 0.2) is 5.78 Å². The standard InChI is InChI=1S/C8H14N2O/c1-10(2)5-6-3-7(9)4-8(6)11/h5,7H,3-4,9H2,1-2H3/b6-5-. The maximum Gasteiger partial charge on any atom is 0.161 e. The SMILES string of the molecule is CN(C)/C=C1/CC(N)CC1=O. The Hall–Kier alpha value is -0.830. The fourth-order valence-corrected chi connectivity index (χ4v) is 1.27. The summed E-state index contributed by atoms with van der Waals surface area (Å²) in [7, 11) is 3.81. The van der Waals surface area contributed by atoms with Gasteiger partial charge in [-0.05, 0) is 6.42 Å². The quantitative estimate of drug-likeness (QED) is 0.546. The summed E-state index contributed by atoms with van der Waals surface area (Å²) in [5, 5.41) is 0. The number of carbonyl (C=O) groups is 1. The smallest absolute Gasteiger partial charge is 0.161 e. The van der Waals surface area contributed by atoms with E-state index in [1.165, 1.54) is 0 Å². The van der Waals surface area contributed by atoms with Crippen LogP contribution >= 0.6 is 0 Å². The van der Waals surface area contributed by atoms with E-state index in [9.17, 15) is 4.79 Å². The highest BCUT2D eigenvalue weighted by atomic mass is 16.1. The zero-order valence-electron chi connectivity index (χ0n) is 7.00. The summed E-state index contributed by atoms with van der Waals surface area (Å²) in [6, 6.07) is 0.0497. The van der Waals surface area contributed by atoms with Crippen LogP contribution in [-0.2, 0) is 4.79 Å². The van der Waals surface area contributed by atoms with Gasteiger partial charge in [0.2, 0.25) is 0 Å². The number of rotatable bonds is 1. The van der Waals surface area contributed by atoms with E-state index < -0.39 is 0 Å². The number of hydrogen-bond donors (Lipinski definition) is 1. The van der Waals surface area contributed by atoms with E-state index in [1.54, 1.807) is 0 Å². The molecule has 3 nitrogen and oxygen atoms in total. The molecule has 0 amide bonds. The lowest BCUT2D eigenvalue weighted by atomic mass is 10.2. The molecule has 1 fully saturated rings. The molecule has 0 bridgehead atoms. The molecule has 0 aromatic heterocycles. The fourth-order valence-electron chi connectivity index (χ4n) is 1.27. The molecule has 0 spiro atoms. The second-order valence-electron chi connectivity index (χ2n) is 3.21. The van der Waals surface area contributed by atoms with Gasteiger partial charge < -0.3 is 10.6 Å². The molecule has 3 heteroatoms. The van der Waals surface area contributed by atoms with Crippen molar-refractivity contribution < 1.29 is 4.79 Å². The first-order chi connectivity index (χ1) is 5.09. The third kappa shape index (κ3) is 2.05. The monoisotopic (exact) mass is 154 g/mol. The summed E-state index contributed by atoms with van der Waals surface area (Å²) < 4.78 is 0. The van der Waals surface area contributed by atoms with Gasteiger partial charge in [0.05, 0.1) is 0 Å². The van der Waals surface area contributed by atoms with Gasteiger partial charge >= 0.3 is 0 Å². The van der Waals surface area contributed by atoms with Crippen LogP contribution in [-0.4, -0.2) is 30.8 Å². The van der Waals surface area contributed by atoms with E-state index in [4.69, 9.17) is 5.73 Å². The van der Waals surface area contributed by atoms with E-state index in [2.05, 4.69) is 0 Å². The van der Waals surface area contributed by atoms with Gasteiger partial charge in [-0.25, -0.2) is 0 Å². The zero-order valence-corrected chi connectivity index (χ0v) is 7.00. The predicted octanol–water partition coefficient (Wildman–Crippen LogP) is 0.122. The molecule has 0 aromatic carbocycles. The highest BCUT2D eigenvalue weighted by molar-refractivity contribution is 5.98. The van der Waals surface area contributed by atoms with Gasteiger partial charge in [0, 0.05) is 38.3 Å². The van der Waals surface area contributed by atoms with E-state index in [-0.39, 0.29) is 11.8 Å². The van der Waals surface area contributed by atoms with E-state index in [0.29, 0.717) is 6.42 Å². The molecule has 1 unspecified atom stereocenters. The summed E-state index contributed by atoms with van der Waals surface area (Å²) in [5.41, 5.74) is 6.47. The minimum Gasteiger partial charge on any atom is -0.383 e. The van der Waals surface area contributed by atoms with Crippen molar-refractivity contribution in [2.45, 2.75) is 18.9 Å². The Morgan fingerprint density at radius 1 is 1.55 bits per heavy atom. The molecule has 1 saturated carbocycles. The van der Waals surface area contributed by atoms with Crippen LogP contribution < -0.4 is 5.73 Å². The van der Waals surface area contributed by atoms with E-state index >= 15 is 0 Å². The van der Waals surface area contributed by atoms with Crippen LogP contribution in [0, 0.1) is 0 Å². The zero-order chi connectivity index (χ0) is 8.43. The Labute approximate surface area is 66.9 Å². The first kappa shape index (κ1) is 8.27. The number of nitrogens with zero attached hydrogens (tertiary/aromatic N) is 1. The fraction of sp³-hybridized carbons (Fsp3) is 0.625. The molecule has 1 aliphatic rings. The molecular weight excluding hydrogens is 140 g/mol. The minimum atomic E-state index is 0.0497. The maximum absolute atomic E-state index is 11.1. The largest absolute Gasteiger partial charge is 0.383 e. The molecule has 0 heterocycles. The predicted molar refractivity (Wildman–Crippen MR) is 44.0 cm³/mol. The van der Waals surface area contributed by atoms with Crippen LogP contribution in [0.4, 0.5) is 0 Å². The average Bonchev–Trinajstić information content (AvgIpc) is 2.09. The summed E-state index contributed by atoms with van der Waals surface area (Å²) in [6.07, 6.45) is 3.10. The van der Waals surface area contributed by atoms with Crippen molar-refractivity contribution in [1.82, 2.24) is 4.90 Å². The Morgan fingerprint density at radius 3 is 2.55 bits per heavy atom. The van der Waals surface area contributed by atoms with Crippen LogP contribution in [0.25, 0.3) is 0 Å². The lowest BCUT2D eigenvalue weighted by Gasteiger charge is -2.05. The van der Waals surface area contributed by atoms with Gasteiger partial charge in [-0.2, -0.15) is 0 Å². The van der Waals surface area contributed by atoms with Crippen molar-refractivity contribution in [2.75, 3.05) is 14.1 Å². The second kappa shape index (κ2) is 3.05. The first-order valence-corrected chi connectivity index (χ1v) is 3.75. The molecule has 0 radical (unpaired) electrons. The number of carbonyl (C=O) groups excluding carboxylic acids is 1. The molecule has 0 aromatic rings. The van der Waals surface area contributed by atoms with E-state index in [1.807, 2.05) is 25.2 Å². The molecular formula is C8H14N2O. The number of Topliss-reactive ketones (excluding diaryl/α,β-unsaturated/α-hetero) is 1. The molecule has 62 valence electrons. The molecule has 1 aliphatic carbocycles. The van der Waals surface area contributed by atoms with Crippen molar-refractivity contribution >= 4 is 5.78 Å². The minimum absolute atomic E-state index is 0.0497. The maximum atomic E-state index is 11.1. The molecule has 0 aliphatic heterocycles. The Kier molecular flexibility index (Phi) is 2.29. The summed E-state index contributed by atoms with van der Waals surface area (Å²) in [5.74, 6) is 0.200. The Morgan fingerprint density at radius 2 is 2.18 bits per heavy atom. The van der Waals surface area contributed by atoms with E-state index in [0.717, 1.165) is 12.0 Å². The van der Waals surface area contributed by atoms with Crippen LogP contribution in [0.2, 0.25) is 0 Å². The second-order valence-corrected chi connectivity index (χ2v) is 3.21. The molecule has 2 N–H and O–H groups in total. The topological polar surface area (TPSA) is 46.3 Å². The molecule has 11 heavy (non-hydrogen) atoms. The van der Waals surface area contributed by atoms with Crippen LogP contribution in [0.5, 0.6) is 0 Å². The lowest BCUT2D eigenvalue weighted by molar-refractivity contribution is -0.114. The van der Waals surface area contributed by atoms with Crippen molar-refractivity contribution in [2.24, 2.45) is 5.73 Å². The van der Waals surface area contributed by atoms with Gasteiger partial charge in [0.25, 0.3) is 0 Å². The highest BCUT2D eigenvalue weighted by Gasteiger charge is 2.23. The van der Waals surface area contributed by atoms with Gasteiger partial charge in [-0.1, -0.05) is 0 Å². The van der Waals surface area contributed by atoms with Gasteiger partial charge in [-0.15, -0.1) is 0 Å². The Bertz CT molecular complexity index is 196. The summed E-state index contributed by atoms with van der Waals surface area (Å²) in [4.78, 5) is 13.0. The first-order valence-electron chi connectivity index (χ1n) is 3.75. The molecule has 1 rings (SSSR count). The van der Waals surface area contributed by atoms with Crippen molar-refractivity contribution in [3.05, 3.63) is 11.8 Å². The number of ketones is 1. The summed E-state index contributed by atoms with van der Waals surface area (Å²) in [6.45, 7) is 0. The highest BCUT2D eigenvalue weighted by Crippen LogP contribution is 2.19. The number of nitrogens with two attached hydrogens (primary N) is 1. The third-order valence-corrected chi connectivity index (χ3v) is 1.70. The van der Waals surface area contributed by atoms with Crippen LogP contribution in [0.1, 0.15) is 12.8 Å². The van der Waals surface area contributed by atoms with Crippen molar-refractivity contribution in [3.63, 3.8) is 0 Å². The van der Waals surface area contributed by atoms with Crippen molar-refractivity contribution in [1.29, 1.82) is 0 Å². The number of hydrogen-bond acceptors (Lipinski definition) is 3. The summed E-state index contributed by atoms with van der Waals surface area (Å²) >= 11 is 0. The lowest BCUT2D eigenvalue weighted by Crippen LogP contribution is -2.14. The van der Waals surface area contributed by atoms with Crippen LogP contribution in [0.3, 0.4) is 0 Å².